The first kappa shape index (κ1) is 35.8. The number of carbonyl (C=O) groups is 2. The number of carboxylic acids is 1. The third kappa shape index (κ3) is 9.75. The molecule has 0 amide bonds. The highest BCUT2D eigenvalue weighted by Gasteiger charge is 2.39. The van der Waals surface area contributed by atoms with Crippen LogP contribution in [0.1, 0.15) is 54.3 Å². The molecular formula is C27H32B2N2O14S2. The van der Waals surface area contributed by atoms with E-state index < -0.39 is 59.0 Å². The van der Waals surface area contributed by atoms with Crippen molar-refractivity contribution >= 4 is 57.7 Å². The molecular weight excluding hydrogens is 662 g/mol. The predicted octanol–water partition coefficient (Wildman–Crippen LogP) is -0.474. The van der Waals surface area contributed by atoms with E-state index in [9.17, 15) is 36.5 Å². The molecule has 2 aliphatic heterocycles. The van der Waals surface area contributed by atoms with Crippen LogP contribution >= 0.6 is 0 Å². The predicted molar refractivity (Wildman–Crippen MR) is 168 cm³/mol. The van der Waals surface area contributed by atoms with Gasteiger partial charge in [0.15, 0.2) is 0 Å². The fourth-order valence-corrected chi connectivity index (χ4v) is 5.97. The largest absolute Gasteiger partial charge is 0.492 e. The first-order chi connectivity index (χ1) is 21.9. The Morgan fingerprint density at radius 3 is 1.68 bits per heavy atom. The molecule has 2 atom stereocenters. The van der Waals surface area contributed by atoms with Gasteiger partial charge >= 0.3 is 46.8 Å². The fraction of sp³-hybridized carbons (Fsp3) is 0.259. The van der Waals surface area contributed by atoms with Crippen LogP contribution in [0, 0.1) is 13.8 Å². The topological polar surface area (TPSA) is 261 Å². The number of esters is 1. The Kier molecular flexibility index (Phi) is 11.0. The first-order valence-corrected chi connectivity index (χ1v) is 16.7. The standard InChI is InChI=1S/C17H18BNO7S.C10H12BNO7S.H2/c1-11-7-13(26-27(19,22)23)8-14-17(11)15(25-18(14)21)9-16(20)24-10-12-5-3-2-4-6-12;1-5-2-6(19-20(12,16)17)3-7-10(5)8(4-9(13)14)18-11(7)15;/h2-8,15,21H,9-10H2,1H3,(H2,19,22,23);2-3,8,15H,4H2,1H3,(H,13,14)(H2,12,16,17);1H. The van der Waals surface area contributed by atoms with Crippen molar-refractivity contribution in [2.75, 3.05) is 0 Å². The van der Waals surface area contributed by atoms with Crippen LogP contribution in [-0.4, -0.2) is 58.2 Å². The third-order valence-electron chi connectivity index (χ3n) is 6.93. The SMILES string of the molecule is Cc1cc(OS(N)(=O)=O)cc2c1C(CC(=O)O)OB2O.Cc1cc(OS(N)(=O)=O)cc2c1C(CC(=O)OCc1ccccc1)OB2O.[HH]. The number of hydrogen-bond donors (Lipinski definition) is 5. The van der Waals surface area contributed by atoms with Gasteiger partial charge in [0.1, 0.15) is 18.1 Å². The fourth-order valence-electron chi connectivity index (χ4n) is 5.24. The zero-order chi connectivity index (χ0) is 34.7. The lowest BCUT2D eigenvalue weighted by atomic mass is 9.77. The summed E-state index contributed by atoms with van der Waals surface area (Å²) in [6.45, 7) is 3.46. The van der Waals surface area contributed by atoms with Crippen LogP contribution in [0.3, 0.4) is 0 Å². The van der Waals surface area contributed by atoms with Gasteiger partial charge in [-0.1, -0.05) is 30.3 Å². The highest BCUT2D eigenvalue weighted by Crippen LogP contribution is 2.33. The molecule has 5 rings (SSSR count). The lowest BCUT2D eigenvalue weighted by molar-refractivity contribution is -0.147. The van der Waals surface area contributed by atoms with E-state index in [4.69, 9.17) is 29.4 Å². The van der Waals surface area contributed by atoms with Gasteiger partial charge in [-0.05, 0) is 76.9 Å². The minimum Gasteiger partial charge on any atom is -0.481 e. The van der Waals surface area contributed by atoms with Crippen molar-refractivity contribution in [1.82, 2.24) is 0 Å². The normalized spacial score (nSPS) is 16.9. The Labute approximate surface area is 272 Å². The van der Waals surface area contributed by atoms with Crippen LogP contribution in [0.2, 0.25) is 0 Å². The number of carbonyl (C=O) groups excluding carboxylic acids is 1. The van der Waals surface area contributed by atoms with E-state index in [0.717, 1.165) is 5.56 Å². The van der Waals surface area contributed by atoms with E-state index in [-0.39, 0.29) is 37.8 Å². The molecule has 0 saturated heterocycles. The lowest BCUT2D eigenvalue weighted by Gasteiger charge is -2.14. The van der Waals surface area contributed by atoms with E-state index in [0.29, 0.717) is 27.7 Å². The monoisotopic (exact) mass is 694 g/mol. The molecule has 16 nitrogen and oxygen atoms in total. The number of aryl methyl sites for hydroxylation is 2. The number of aliphatic carboxylic acids is 1. The highest BCUT2D eigenvalue weighted by atomic mass is 32.2. The second-order valence-electron chi connectivity index (χ2n) is 10.5. The maximum Gasteiger partial charge on any atom is 0.492 e. The van der Waals surface area contributed by atoms with E-state index >= 15 is 0 Å². The summed E-state index contributed by atoms with van der Waals surface area (Å²) in [4.78, 5) is 22.9. The van der Waals surface area contributed by atoms with E-state index in [1.807, 2.05) is 30.3 Å². The van der Waals surface area contributed by atoms with Crippen molar-refractivity contribution in [3.63, 3.8) is 0 Å². The molecule has 2 aliphatic rings. The summed E-state index contributed by atoms with van der Waals surface area (Å²) >= 11 is 0. The quantitative estimate of drug-likeness (QED) is 0.133. The van der Waals surface area contributed by atoms with Crippen LogP contribution in [0.15, 0.2) is 54.6 Å². The summed E-state index contributed by atoms with van der Waals surface area (Å²) in [6, 6.07) is 14.7. The van der Waals surface area contributed by atoms with Crippen molar-refractivity contribution in [2.45, 2.75) is 45.5 Å². The van der Waals surface area contributed by atoms with Gasteiger partial charge in [0.25, 0.3) is 0 Å². The van der Waals surface area contributed by atoms with Crippen molar-refractivity contribution in [2.24, 2.45) is 10.3 Å². The molecule has 2 unspecified atom stereocenters. The Bertz CT molecular complexity index is 1880. The van der Waals surface area contributed by atoms with Crippen molar-refractivity contribution in [1.29, 1.82) is 0 Å². The molecule has 0 saturated carbocycles. The summed E-state index contributed by atoms with van der Waals surface area (Å²) in [5.74, 6) is -1.65. The lowest BCUT2D eigenvalue weighted by Crippen LogP contribution is -2.29. The Morgan fingerprint density at radius 2 is 1.26 bits per heavy atom. The first-order valence-electron chi connectivity index (χ1n) is 13.7. The zero-order valence-corrected chi connectivity index (χ0v) is 26.6. The van der Waals surface area contributed by atoms with Gasteiger partial charge in [0, 0.05) is 1.43 Å². The van der Waals surface area contributed by atoms with Gasteiger partial charge in [-0.3, -0.25) is 9.59 Å². The average Bonchev–Trinajstić information content (AvgIpc) is 3.41. The van der Waals surface area contributed by atoms with E-state index in [1.165, 1.54) is 24.3 Å². The number of hydrogen-bond acceptors (Lipinski definition) is 13. The van der Waals surface area contributed by atoms with Crippen molar-refractivity contribution in [3.8, 4) is 11.5 Å². The second kappa shape index (κ2) is 14.4. The smallest absolute Gasteiger partial charge is 0.481 e. The number of fused-ring (bicyclic) bond motifs is 2. The Morgan fingerprint density at radius 1 is 0.809 bits per heavy atom. The minimum absolute atomic E-state index is 0. The molecule has 0 bridgehead atoms. The van der Waals surface area contributed by atoms with E-state index in [2.05, 4.69) is 8.37 Å². The van der Waals surface area contributed by atoms with Gasteiger partial charge in [-0.15, -0.1) is 0 Å². The molecule has 252 valence electrons. The van der Waals surface area contributed by atoms with Crippen molar-refractivity contribution < 1.29 is 65.4 Å². The van der Waals surface area contributed by atoms with Gasteiger partial charge in [-0.2, -0.15) is 27.1 Å². The van der Waals surface area contributed by atoms with Crippen LogP contribution in [0.25, 0.3) is 0 Å². The molecule has 0 aromatic heterocycles. The molecule has 0 aliphatic carbocycles. The van der Waals surface area contributed by atoms with Crippen LogP contribution in [0.4, 0.5) is 0 Å². The summed E-state index contributed by atoms with van der Waals surface area (Å²) in [5.41, 5.74) is 3.72. The average molecular weight is 694 g/mol. The van der Waals surface area contributed by atoms with Crippen LogP contribution < -0.4 is 29.6 Å². The molecule has 3 aromatic carbocycles. The number of nitrogens with two attached hydrogens (primary N) is 2. The third-order valence-corrected chi connectivity index (χ3v) is 7.78. The number of rotatable bonds is 10. The van der Waals surface area contributed by atoms with Crippen LogP contribution in [-0.2, 0) is 50.8 Å². The molecule has 20 heteroatoms. The Hall–Kier alpha value is -4.01. The molecule has 47 heavy (non-hydrogen) atoms. The number of benzene rings is 3. The van der Waals surface area contributed by atoms with Gasteiger partial charge in [0.2, 0.25) is 0 Å². The van der Waals surface area contributed by atoms with Gasteiger partial charge < -0.3 is 37.6 Å². The summed E-state index contributed by atoms with van der Waals surface area (Å²) in [6.07, 6.45) is -1.89. The molecule has 0 radical (unpaired) electrons. The summed E-state index contributed by atoms with van der Waals surface area (Å²) in [7, 11) is -11.0. The number of carboxylic acid groups (broad SMARTS) is 1. The molecule has 3 aromatic rings. The van der Waals surface area contributed by atoms with Gasteiger partial charge in [0.05, 0.1) is 25.0 Å². The highest BCUT2D eigenvalue weighted by molar-refractivity contribution is 7.85. The van der Waals surface area contributed by atoms with Crippen LogP contribution in [0.5, 0.6) is 11.5 Å². The zero-order valence-electron chi connectivity index (χ0n) is 24.9. The number of ether oxygens (including phenoxy) is 1. The summed E-state index contributed by atoms with van der Waals surface area (Å²) < 4.78 is 69.0. The van der Waals surface area contributed by atoms with Gasteiger partial charge in [-0.25, -0.2) is 0 Å². The molecule has 0 fully saturated rings. The van der Waals surface area contributed by atoms with E-state index in [1.54, 1.807) is 13.8 Å². The Balaban J connectivity index is 0.000000266. The summed E-state index contributed by atoms with van der Waals surface area (Å²) in [5, 5.41) is 38.3. The maximum atomic E-state index is 12.2. The minimum atomic E-state index is -4.19. The maximum absolute atomic E-state index is 12.2. The van der Waals surface area contributed by atoms with Crippen molar-refractivity contribution in [3.05, 3.63) is 82.4 Å². The molecule has 7 N–H and O–H groups in total. The molecule has 2 heterocycles. The molecule has 0 spiro atoms. The second-order valence-corrected chi connectivity index (χ2v) is 12.8.